The minimum atomic E-state index is -0.311. The lowest BCUT2D eigenvalue weighted by Crippen LogP contribution is -2.40. The average molecular weight is 418 g/mol. The van der Waals surface area contributed by atoms with E-state index in [4.69, 9.17) is 28.5 Å². The molecule has 1 amide bonds. The first-order valence-corrected chi connectivity index (χ1v) is 9.44. The Morgan fingerprint density at radius 1 is 1.11 bits per heavy atom. The van der Waals surface area contributed by atoms with Crippen molar-refractivity contribution in [2.24, 2.45) is 0 Å². The molecule has 0 radical (unpaired) electrons. The number of hydrogen-bond acceptors (Lipinski definition) is 4. The van der Waals surface area contributed by atoms with Crippen molar-refractivity contribution in [3.63, 3.8) is 0 Å². The Labute approximate surface area is 175 Å². The molecule has 0 aliphatic carbocycles. The fourth-order valence-corrected chi connectivity index (χ4v) is 3.06. The maximum Gasteiger partial charge on any atom is 0.240 e. The second-order valence-corrected chi connectivity index (χ2v) is 7.39. The Morgan fingerprint density at radius 2 is 1.79 bits per heavy atom. The number of benzene rings is 2. The molecule has 1 unspecified atom stereocenters. The summed E-state index contributed by atoms with van der Waals surface area (Å²) in [5.41, 5.74) is 1.08. The number of carbonyl (C=O) groups is 2. The molecule has 0 N–H and O–H groups in total. The first kappa shape index (κ1) is 21.9. The molecule has 0 aliphatic heterocycles. The molecule has 2 aromatic rings. The van der Waals surface area contributed by atoms with Gasteiger partial charge in [-0.3, -0.25) is 14.5 Å². The van der Waals surface area contributed by atoms with Crippen LogP contribution in [0.3, 0.4) is 0 Å². The van der Waals surface area contributed by atoms with Gasteiger partial charge in [-0.2, -0.15) is 5.26 Å². The Kier molecular flexibility index (Phi) is 7.59. The van der Waals surface area contributed by atoms with E-state index in [-0.39, 0.29) is 24.3 Å². The van der Waals surface area contributed by atoms with E-state index < -0.39 is 0 Å². The molecule has 0 saturated heterocycles. The number of nitriles is 1. The number of nitrogens with zero attached hydrogens (tertiary/aromatic N) is 3. The maximum atomic E-state index is 13.1. The van der Waals surface area contributed by atoms with Crippen molar-refractivity contribution >= 4 is 40.6 Å². The highest BCUT2D eigenvalue weighted by atomic mass is 35.5. The molecule has 0 saturated carbocycles. The number of anilines is 1. The van der Waals surface area contributed by atoms with E-state index in [9.17, 15) is 9.59 Å². The molecule has 0 fully saturated rings. The maximum absolute atomic E-state index is 13.1. The number of ketones is 1. The van der Waals surface area contributed by atoms with E-state index in [1.54, 1.807) is 55.4 Å². The van der Waals surface area contributed by atoms with Crippen molar-refractivity contribution in [2.75, 3.05) is 25.5 Å². The standard InChI is InChI=1S/C21H21Cl2N3O2/c1-14(10-11-24)25(2)13-20(27)26(3)19-9-8-15(22)12-17(19)21(28)16-6-4-5-7-18(16)23/h4-9,12,14H,10,13H2,1-3H3. The van der Waals surface area contributed by atoms with Crippen LogP contribution in [0.4, 0.5) is 5.69 Å². The summed E-state index contributed by atoms with van der Waals surface area (Å²) in [5, 5.41) is 9.55. The summed E-state index contributed by atoms with van der Waals surface area (Å²) in [6, 6.07) is 13.6. The van der Waals surface area contributed by atoms with Gasteiger partial charge in [-0.15, -0.1) is 0 Å². The zero-order chi connectivity index (χ0) is 20.8. The number of carbonyl (C=O) groups excluding carboxylic acids is 2. The molecular weight excluding hydrogens is 397 g/mol. The predicted molar refractivity (Wildman–Crippen MR) is 112 cm³/mol. The van der Waals surface area contributed by atoms with Crippen molar-refractivity contribution in [2.45, 2.75) is 19.4 Å². The third-order valence-electron chi connectivity index (χ3n) is 4.58. The topological polar surface area (TPSA) is 64.4 Å². The zero-order valence-electron chi connectivity index (χ0n) is 15.9. The highest BCUT2D eigenvalue weighted by Crippen LogP contribution is 2.28. The van der Waals surface area contributed by atoms with Gasteiger partial charge in [-0.05, 0) is 44.3 Å². The summed E-state index contributed by atoms with van der Waals surface area (Å²) in [7, 11) is 3.39. The van der Waals surface area contributed by atoms with E-state index in [0.29, 0.717) is 33.3 Å². The lowest BCUT2D eigenvalue weighted by atomic mass is 10.0. The summed E-state index contributed by atoms with van der Waals surface area (Å²) in [4.78, 5) is 29.0. The van der Waals surface area contributed by atoms with Gasteiger partial charge in [0.15, 0.2) is 5.78 Å². The third-order valence-corrected chi connectivity index (χ3v) is 5.15. The molecule has 146 valence electrons. The second kappa shape index (κ2) is 9.70. The first-order chi connectivity index (χ1) is 13.3. The van der Waals surface area contributed by atoms with E-state index in [1.807, 2.05) is 6.92 Å². The lowest BCUT2D eigenvalue weighted by molar-refractivity contribution is -0.119. The van der Waals surface area contributed by atoms with Gasteiger partial charge in [-0.1, -0.05) is 35.3 Å². The van der Waals surface area contributed by atoms with Crippen LogP contribution in [-0.2, 0) is 4.79 Å². The molecule has 1 atom stereocenters. The summed E-state index contributed by atoms with van der Waals surface area (Å²) in [5.74, 6) is -0.517. The molecule has 2 rings (SSSR count). The molecule has 2 aromatic carbocycles. The number of hydrogen-bond donors (Lipinski definition) is 0. The molecule has 0 aromatic heterocycles. The van der Waals surface area contributed by atoms with Crippen LogP contribution in [0.1, 0.15) is 29.3 Å². The minimum absolute atomic E-state index is 0.0585. The molecule has 0 aliphatic rings. The summed E-state index contributed by atoms with van der Waals surface area (Å²) < 4.78 is 0. The van der Waals surface area contributed by atoms with Crippen LogP contribution in [0, 0.1) is 11.3 Å². The van der Waals surface area contributed by atoms with E-state index in [2.05, 4.69) is 6.07 Å². The van der Waals surface area contributed by atoms with Crippen molar-refractivity contribution in [3.05, 3.63) is 63.6 Å². The van der Waals surface area contributed by atoms with Gasteiger partial charge in [0.1, 0.15) is 0 Å². The Hall–Kier alpha value is -2.39. The summed E-state index contributed by atoms with van der Waals surface area (Å²) in [6.45, 7) is 1.99. The SMILES string of the molecule is CC(CC#N)N(C)CC(=O)N(C)c1ccc(Cl)cc1C(=O)c1ccccc1Cl. The number of likely N-dealkylation sites (N-methyl/N-ethyl adjacent to an activating group) is 2. The fraction of sp³-hybridized carbons (Fsp3) is 0.286. The quantitative estimate of drug-likeness (QED) is 0.625. The monoisotopic (exact) mass is 417 g/mol. The van der Waals surface area contributed by atoms with E-state index in [0.717, 1.165) is 0 Å². The van der Waals surface area contributed by atoms with Crippen LogP contribution in [0.2, 0.25) is 10.0 Å². The second-order valence-electron chi connectivity index (χ2n) is 6.55. The van der Waals surface area contributed by atoms with Crippen LogP contribution in [0.25, 0.3) is 0 Å². The van der Waals surface area contributed by atoms with Crippen LogP contribution in [-0.4, -0.2) is 43.3 Å². The van der Waals surface area contributed by atoms with Gasteiger partial charge in [-0.25, -0.2) is 0 Å². The number of rotatable bonds is 7. The minimum Gasteiger partial charge on any atom is -0.314 e. The molecule has 0 spiro atoms. The highest BCUT2D eigenvalue weighted by molar-refractivity contribution is 6.36. The lowest BCUT2D eigenvalue weighted by Gasteiger charge is -2.26. The van der Waals surface area contributed by atoms with Gasteiger partial charge >= 0.3 is 0 Å². The molecule has 0 bridgehead atoms. The number of amides is 1. The third kappa shape index (κ3) is 5.11. The predicted octanol–water partition coefficient (Wildman–Crippen LogP) is 4.42. The van der Waals surface area contributed by atoms with Gasteiger partial charge in [0.2, 0.25) is 5.91 Å². The Bertz CT molecular complexity index is 924. The van der Waals surface area contributed by atoms with Gasteiger partial charge in [0, 0.05) is 29.2 Å². The first-order valence-electron chi connectivity index (χ1n) is 8.68. The van der Waals surface area contributed by atoms with Crippen LogP contribution < -0.4 is 4.90 Å². The van der Waals surface area contributed by atoms with Crippen LogP contribution in [0.15, 0.2) is 42.5 Å². The molecule has 7 heteroatoms. The van der Waals surface area contributed by atoms with Gasteiger partial charge in [0.25, 0.3) is 0 Å². The number of halogens is 2. The van der Waals surface area contributed by atoms with E-state index >= 15 is 0 Å². The van der Waals surface area contributed by atoms with Crippen molar-refractivity contribution in [1.29, 1.82) is 5.26 Å². The molecule has 28 heavy (non-hydrogen) atoms. The van der Waals surface area contributed by atoms with Crippen LogP contribution in [0.5, 0.6) is 0 Å². The van der Waals surface area contributed by atoms with Crippen LogP contribution >= 0.6 is 23.2 Å². The molecule has 0 heterocycles. The van der Waals surface area contributed by atoms with E-state index in [1.165, 1.54) is 11.0 Å². The van der Waals surface area contributed by atoms with Gasteiger partial charge < -0.3 is 4.90 Å². The van der Waals surface area contributed by atoms with Gasteiger partial charge in [0.05, 0.1) is 29.7 Å². The highest BCUT2D eigenvalue weighted by Gasteiger charge is 2.23. The largest absolute Gasteiger partial charge is 0.314 e. The van der Waals surface area contributed by atoms with Crippen molar-refractivity contribution in [1.82, 2.24) is 4.90 Å². The molecule has 5 nitrogen and oxygen atoms in total. The Balaban J connectivity index is 2.33. The fourth-order valence-electron chi connectivity index (χ4n) is 2.67. The van der Waals surface area contributed by atoms with Crippen molar-refractivity contribution in [3.8, 4) is 6.07 Å². The summed E-state index contributed by atoms with van der Waals surface area (Å²) >= 11 is 12.3. The molecular formula is C21H21Cl2N3O2. The van der Waals surface area contributed by atoms with Crippen molar-refractivity contribution < 1.29 is 9.59 Å². The zero-order valence-corrected chi connectivity index (χ0v) is 17.5. The summed E-state index contributed by atoms with van der Waals surface area (Å²) in [6.07, 6.45) is 0.324. The average Bonchev–Trinajstić information content (AvgIpc) is 2.67. The normalized spacial score (nSPS) is 11.8. The smallest absolute Gasteiger partial charge is 0.240 e. The Morgan fingerprint density at radius 3 is 2.43 bits per heavy atom.